The van der Waals surface area contributed by atoms with Crippen molar-refractivity contribution in [1.82, 2.24) is 19.9 Å². The van der Waals surface area contributed by atoms with Gasteiger partial charge in [-0.3, -0.25) is 14.8 Å². The molecular weight excluding hydrogens is 441 g/mol. The maximum Gasteiger partial charge on any atom is 0.229 e. The van der Waals surface area contributed by atoms with Crippen LogP contribution in [-0.4, -0.2) is 25.8 Å². The van der Waals surface area contributed by atoms with Crippen LogP contribution in [0.5, 0.6) is 0 Å². The van der Waals surface area contributed by atoms with E-state index in [0.29, 0.717) is 11.7 Å². The molecule has 172 valence electrons. The van der Waals surface area contributed by atoms with Crippen LogP contribution < -0.4 is 5.32 Å². The van der Waals surface area contributed by atoms with E-state index in [0.717, 1.165) is 39.1 Å². The largest absolute Gasteiger partial charge is 0.352 e. The van der Waals surface area contributed by atoms with Crippen LogP contribution in [0.1, 0.15) is 29.9 Å². The molecule has 1 aromatic carbocycles. The third-order valence-corrected chi connectivity index (χ3v) is 6.25. The second-order valence-electron chi connectivity index (χ2n) is 8.77. The number of nitrogens with zero attached hydrogens (tertiary/aromatic N) is 3. The molecule has 0 aliphatic heterocycles. The summed E-state index contributed by atoms with van der Waals surface area (Å²) in [5, 5.41) is 2.86. The molecular formula is C28H22FN5O. The Kier molecular flexibility index (Phi) is 5.29. The molecule has 0 radical (unpaired) electrons. The minimum absolute atomic E-state index is 0.131. The highest BCUT2D eigenvalue weighted by Gasteiger charge is 2.28. The molecule has 35 heavy (non-hydrogen) atoms. The monoisotopic (exact) mass is 463 g/mol. The number of carbonyl (C=O) groups is 1. The van der Waals surface area contributed by atoms with Crippen molar-refractivity contribution in [2.75, 3.05) is 5.32 Å². The fraction of sp³-hybridized carbons (Fsp3) is 0.143. The summed E-state index contributed by atoms with van der Waals surface area (Å²) in [4.78, 5) is 29.9. The van der Waals surface area contributed by atoms with E-state index in [1.54, 1.807) is 24.5 Å². The third kappa shape index (κ3) is 4.28. The Morgan fingerprint density at radius 1 is 0.971 bits per heavy atom. The number of amides is 1. The molecule has 2 N–H and O–H groups in total. The van der Waals surface area contributed by atoms with Crippen molar-refractivity contribution in [2.24, 2.45) is 0 Å². The van der Waals surface area contributed by atoms with Crippen molar-refractivity contribution < 1.29 is 9.18 Å². The number of halogens is 1. The minimum Gasteiger partial charge on any atom is -0.352 e. The topological polar surface area (TPSA) is 83.6 Å². The van der Waals surface area contributed by atoms with E-state index in [2.05, 4.69) is 26.3 Å². The number of H-pyrrole nitrogens is 1. The molecule has 1 fully saturated rings. The van der Waals surface area contributed by atoms with Gasteiger partial charge in [-0.15, -0.1) is 0 Å². The van der Waals surface area contributed by atoms with Gasteiger partial charge in [-0.25, -0.2) is 9.37 Å². The molecule has 6 rings (SSSR count). The summed E-state index contributed by atoms with van der Waals surface area (Å²) in [6.07, 6.45) is 7.82. The summed E-state index contributed by atoms with van der Waals surface area (Å²) in [6, 6.07) is 17.6. The molecule has 0 unspecified atom stereocenters. The van der Waals surface area contributed by atoms with Gasteiger partial charge in [0.2, 0.25) is 5.91 Å². The lowest BCUT2D eigenvalue weighted by molar-refractivity contribution is -0.115. The summed E-state index contributed by atoms with van der Waals surface area (Å²) < 4.78 is 13.2. The molecule has 0 bridgehead atoms. The second-order valence-corrected chi connectivity index (χ2v) is 8.77. The average molecular weight is 464 g/mol. The molecule has 1 saturated carbocycles. The summed E-state index contributed by atoms with van der Waals surface area (Å²) in [6.45, 7) is 0. The summed E-state index contributed by atoms with van der Waals surface area (Å²) >= 11 is 0. The highest BCUT2D eigenvalue weighted by atomic mass is 19.1. The molecule has 6 nitrogen and oxygen atoms in total. The minimum atomic E-state index is -0.329. The Morgan fingerprint density at radius 3 is 2.57 bits per heavy atom. The van der Waals surface area contributed by atoms with Crippen molar-refractivity contribution in [3.8, 4) is 22.5 Å². The molecule has 1 aliphatic carbocycles. The van der Waals surface area contributed by atoms with Crippen LogP contribution in [0.2, 0.25) is 0 Å². The van der Waals surface area contributed by atoms with Crippen molar-refractivity contribution in [3.63, 3.8) is 0 Å². The zero-order chi connectivity index (χ0) is 23.8. The van der Waals surface area contributed by atoms with Gasteiger partial charge in [0.05, 0.1) is 34.4 Å². The maximum absolute atomic E-state index is 13.2. The number of aromatic nitrogens is 4. The maximum atomic E-state index is 13.2. The van der Waals surface area contributed by atoms with Gasteiger partial charge in [0.25, 0.3) is 0 Å². The fourth-order valence-electron chi connectivity index (χ4n) is 4.44. The normalized spacial score (nSPS) is 13.2. The number of hydrogen-bond acceptors (Lipinski definition) is 4. The number of benzene rings is 1. The highest BCUT2D eigenvalue weighted by Crippen LogP contribution is 2.45. The number of aromatic amines is 1. The van der Waals surface area contributed by atoms with Crippen LogP contribution in [0, 0.1) is 5.82 Å². The Bertz CT molecular complexity index is 1520. The first kappa shape index (κ1) is 21.2. The zero-order valence-corrected chi connectivity index (χ0v) is 18.8. The molecule has 0 atom stereocenters. The SMILES string of the molecule is O=C(Cc1ccc(F)cc1)Nc1cc(-c2[nH]c3c(C4CC4)ccnc3c2-c2ccccn2)ccn1. The van der Waals surface area contributed by atoms with Crippen molar-refractivity contribution in [2.45, 2.75) is 25.2 Å². The Labute approximate surface area is 201 Å². The summed E-state index contributed by atoms with van der Waals surface area (Å²) in [7, 11) is 0. The number of anilines is 1. The van der Waals surface area contributed by atoms with Crippen molar-refractivity contribution in [3.05, 3.63) is 96.2 Å². The first-order chi connectivity index (χ1) is 17.2. The van der Waals surface area contributed by atoms with Crippen LogP contribution in [0.3, 0.4) is 0 Å². The Morgan fingerprint density at radius 2 is 1.80 bits per heavy atom. The molecule has 1 aliphatic rings. The highest BCUT2D eigenvalue weighted by molar-refractivity contribution is 6.02. The van der Waals surface area contributed by atoms with Crippen molar-refractivity contribution in [1.29, 1.82) is 0 Å². The molecule has 7 heteroatoms. The fourth-order valence-corrected chi connectivity index (χ4v) is 4.44. The number of rotatable bonds is 6. The van der Waals surface area contributed by atoms with E-state index in [9.17, 15) is 9.18 Å². The molecule has 4 aromatic heterocycles. The van der Waals surface area contributed by atoms with Gasteiger partial charge in [-0.2, -0.15) is 0 Å². The van der Waals surface area contributed by atoms with Gasteiger partial charge in [0.1, 0.15) is 11.6 Å². The molecule has 0 saturated heterocycles. The van der Waals surface area contributed by atoms with Gasteiger partial charge in [-0.1, -0.05) is 18.2 Å². The summed E-state index contributed by atoms with van der Waals surface area (Å²) in [5.41, 5.74) is 7.44. The van der Waals surface area contributed by atoms with Crippen LogP contribution in [-0.2, 0) is 11.2 Å². The van der Waals surface area contributed by atoms with Crippen LogP contribution in [0.15, 0.2) is 79.3 Å². The van der Waals surface area contributed by atoms with E-state index in [1.165, 1.54) is 30.5 Å². The molecule has 0 spiro atoms. The van der Waals surface area contributed by atoms with E-state index in [-0.39, 0.29) is 18.1 Å². The summed E-state index contributed by atoms with van der Waals surface area (Å²) in [5.74, 6) is 0.448. The molecule has 1 amide bonds. The zero-order valence-electron chi connectivity index (χ0n) is 18.8. The van der Waals surface area contributed by atoms with Gasteiger partial charge in [-0.05, 0) is 72.4 Å². The van der Waals surface area contributed by atoms with E-state index < -0.39 is 0 Å². The van der Waals surface area contributed by atoms with Gasteiger partial charge < -0.3 is 10.3 Å². The quantitative estimate of drug-likeness (QED) is 0.329. The van der Waals surface area contributed by atoms with Crippen LogP contribution >= 0.6 is 0 Å². The first-order valence-electron chi connectivity index (χ1n) is 11.6. The number of hydrogen-bond donors (Lipinski definition) is 2. The van der Waals surface area contributed by atoms with Crippen LogP contribution in [0.4, 0.5) is 10.2 Å². The van der Waals surface area contributed by atoms with Crippen LogP contribution in [0.25, 0.3) is 33.5 Å². The Balaban J connectivity index is 1.38. The van der Waals surface area contributed by atoms with Gasteiger partial charge in [0, 0.05) is 24.2 Å². The number of carbonyl (C=O) groups excluding carboxylic acids is 1. The van der Waals surface area contributed by atoms with E-state index in [1.807, 2.05) is 36.5 Å². The standard InChI is InChI=1S/C28H22FN5O/c29-20-8-4-17(5-9-20)15-24(35)33-23-16-19(10-13-31-23)26-25(22-3-1-2-12-30-22)28-27(34-26)21(11-14-32-28)18-6-7-18/h1-5,8-14,16,18,34H,6-7,15H2,(H,31,33,35). The van der Waals surface area contributed by atoms with Crippen molar-refractivity contribution >= 4 is 22.8 Å². The lowest BCUT2D eigenvalue weighted by Gasteiger charge is -2.08. The number of fused-ring (bicyclic) bond motifs is 1. The first-order valence-corrected chi connectivity index (χ1v) is 11.6. The Hall–Kier alpha value is -4.39. The number of pyridine rings is 3. The third-order valence-electron chi connectivity index (χ3n) is 6.25. The second kappa shape index (κ2) is 8.76. The predicted octanol–water partition coefficient (Wildman–Crippen LogP) is 5.88. The molecule has 5 aromatic rings. The van der Waals surface area contributed by atoms with E-state index in [4.69, 9.17) is 4.98 Å². The molecule has 4 heterocycles. The lowest BCUT2D eigenvalue weighted by atomic mass is 10.0. The predicted molar refractivity (Wildman–Crippen MR) is 133 cm³/mol. The van der Waals surface area contributed by atoms with Gasteiger partial charge in [0.15, 0.2) is 0 Å². The number of nitrogens with one attached hydrogen (secondary N) is 2. The lowest BCUT2D eigenvalue weighted by Crippen LogP contribution is -2.15. The van der Waals surface area contributed by atoms with Gasteiger partial charge >= 0.3 is 0 Å². The average Bonchev–Trinajstić information content (AvgIpc) is 3.65. The van der Waals surface area contributed by atoms with E-state index >= 15 is 0 Å². The smallest absolute Gasteiger partial charge is 0.229 e.